The molecule has 1 aliphatic carbocycles. The van der Waals surface area contributed by atoms with Crippen LogP contribution in [0.2, 0.25) is 0 Å². The van der Waals surface area contributed by atoms with Crippen LogP contribution in [0.15, 0.2) is 84.1 Å². The second-order valence-corrected chi connectivity index (χ2v) is 8.84. The van der Waals surface area contributed by atoms with Crippen molar-refractivity contribution in [1.29, 1.82) is 0 Å². The summed E-state index contributed by atoms with van der Waals surface area (Å²) in [5, 5.41) is 7.24. The number of nitrogens with one attached hydrogen (secondary N) is 2. The van der Waals surface area contributed by atoms with Crippen molar-refractivity contribution in [2.45, 2.75) is 38.1 Å². The van der Waals surface area contributed by atoms with Gasteiger partial charge in [0.15, 0.2) is 17.3 Å². The van der Waals surface area contributed by atoms with E-state index in [0.29, 0.717) is 24.5 Å². The highest BCUT2D eigenvalue weighted by molar-refractivity contribution is 6.01. The first kappa shape index (κ1) is 22.1. The maximum Gasteiger partial charge on any atom is 0.163 e. The third-order valence-electron chi connectivity index (χ3n) is 6.56. The Morgan fingerprint density at radius 3 is 2.41 bits per heavy atom. The minimum absolute atomic E-state index is 0.158. The largest absolute Gasteiger partial charge is 0.493 e. The van der Waals surface area contributed by atoms with Crippen molar-refractivity contribution in [2.24, 2.45) is 0 Å². The summed E-state index contributed by atoms with van der Waals surface area (Å²) in [4.78, 5) is 13.7. The van der Waals surface area contributed by atoms with Crippen molar-refractivity contribution < 1.29 is 14.3 Å². The number of fused-ring (bicyclic) bond motifs is 1. The molecule has 2 N–H and O–H groups in total. The highest BCUT2D eigenvalue weighted by atomic mass is 16.5. The molecule has 0 bridgehead atoms. The van der Waals surface area contributed by atoms with E-state index in [4.69, 9.17) is 9.47 Å². The third-order valence-corrected chi connectivity index (χ3v) is 6.56. The van der Waals surface area contributed by atoms with Crippen LogP contribution in [-0.4, -0.2) is 19.5 Å². The summed E-state index contributed by atoms with van der Waals surface area (Å²) in [6.07, 6.45) is 2.20. The third kappa shape index (κ3) is 4.26. The Morgan fingerprint density at radius 1 is 0.882 bits per heavy atom. The van der Waals surface area contributed by atoms with Gasteiger partial charge in [0, 0.05) is 17.7 Å². The molecule has 174 valence electrons. The lowest BCUT2D eigenvalue weighted by atomic mass is 9.78. The van der Waals surface area contributed by atoms with Gasteiger partial charge in [-0.1, -0.05) is 55.5 Å². The molecule has 0 aromatic heterocycles. The number of ketones is 1. The van der Waals surface area contributed by atoms with Crippen molar-refractivity contribution in [3.63, 3.8) is 0 Å². The lowest BCUT2D eigenvalue weighted by molar-refractivity contribution is -0.116. The molecule has 1 heterocycles. The molecule has 0 saturated carbocycles. The van der Waals surface area contributed by atoms with Gasteiger partial charge in [0.25, 0.3) is 0 Å². The second kappa shape index (κ2) is 9.64. The van der Waals surface area contributed by atoms with E-state index in [0.717, 1.165) is 41.1 Å². The zero-order valence-electron chi connectivity index (χ0n) is 19.6. The van der Waals surface area contributed by atoms with Crippen LogP contribution in [0.5, 0.6) is 11.5 Å². The Kier molecular flexibility index (Phi) is 6.26. The van der Waals surface area contributed by atoms with Crippen LogP contribution < -0.4 is 20.1 Å². The molecule has 3 aromatic rings. The molecule has 0 radical (unpaired) electrons. The monoisotopic (exact) mass is 454 g/mol. The minimum Gasteiger partial charge on any atom is -0.493 e. The second-order valence-electron chi connectivity index (χ2n) is 8.84. The van der Waals surface area contributed by atoms with Crippen molar-refractivity contribution in [2.75, 3.05) is 24.4 Å². The molecule has 2 aliphatic rings. The normalized spacial score (nSPS) is 19.3. The van der Waals surface area contributed by atoms with E-state index in [1.54, 1.807) is 7.11 Å². The molecule has 3 aromatic carbocycles. The standard InChI is InChI=1S/C29H30N2O3/c1-3-15-34-26-14-13-20(18-27(26)33-2)29-28-24(30-22-11-7-8-12-23(22)31-29)16-21(17-25(28)32)19-9-5-4-6-10-19/h4-14,18,21,29-31H,3,15-17H2,1-2H3/t21-,29+/m0/s1. The number of benzene rings is 3. The van der Waals surface area contributed by atoms with E-state index in [-0.39, 0.29) is 17.7 Å². The van der Waals surface area contributed by atoms with Gasteiger partial charge in [0.05, 0.1) is 31.1 Å². The summed E-state index contributed by atoms with van der Waals surface area (Å²) in [6.45, 7) is 2.70. The molecule has 0 amide bonds. The van der Waals surface area contributed by atoms with Crippen LogP contribution in [0, 0.1) is 0 Å². The number of carbonyl (C=O) groups is 1. The van der Waals surface area contributed by atoms with Crippen LogP contribution in [-0.2, 0) is 4.79 Å². The summed E-state index contributed by atoms with van der Waals surface area (Å²) in [5.74, 6) is 1.71. The fraction of sp³-hybridized carbons (Fsp3) is 0.276. The first-order valence-corrected chi connectivity index (χ1v) is 11.9. The predicted molar refractivity (Wildman–Crippen MR) is 136 cm³/mol. The van der Waals surface area contributed by atoms with Gasteiger partial charge in [-0.05, 0) is 54.2 Å². The van der Waals surface area contributed by atoms with E-state index >= 15 is 0 Å². The molecule has 1 aliphatic heterocycles. The topological polar surface area (TPSA) is 59.6 Å². The molecule has 5 heteroatoms. The summed E-state index contributed by atoms with van der Waals surface area (Å²) >= 11 is 0. The summed E-state index contributed by atoms with van der Waals surface area (Å²) in [7, 11) is 1.65. The molecular formula is C29H30N2O3. The zero-order chi connectivity index (χ0) is 23.5. The number of ether oxygens (including phenoxy) is 2. The van der Waals surface area contributed by atoms with Gasteiger partial charge in [-0.15, -0.1) is 0 Å². The van der Waals surface area contributed by atoms with Gasteiger partial charge in [-0.25, -0.2) is 0 Å². The van der Waals surface area contributed by atoms with Crippen molar-refractivity contribution in [1.82, 2.24) is 0 Å². The Morgan fingerprint density at radius 2 is 1.65 bits per heavy atom. The molecule has 5 rings (SSSR count). The van der Waals surface area contributed by atoms with Gasteiger partial charge in [-0.3, -0.25) is 4.79 Å². The van der Waals surface area contributed by atoms with Gasteiger partial charge in [0.2, 0.25) is 0 Å². The molecule has 0 spiro atoms. The van der Waals surface area contributed by atoms with E-state index < -0.39 is 0 Å². The molecule has 0 unspecified atom stereocenters. The van der Waals surface area contributed by atoms with E-state index in [2.05, 4.69) is 29.7 Å². The predicted octanol–water partition coefficient (Wildman–Crippen LogP) is 6.46. The number of methoxy groups -OCH3 is 1. The number of anilines is 2. The average molecular weight is 455 g/mol. The van der Waals surface area contributed by atoms with Crippen molar-refractivity contribution in [3.05, 3.63) is 95.2 Å². The molecule has 0 fully saturated rings. The first-order chi connectivity index (χ1) is 16.7. The first-order valence-electron chi connectivity index (χ1n) is 11.9. The van der Waals surface area contributed by atoms with Crippen molar-refractivity contribution >= 4 is 17.2 Å². The minimum atomic E-state index is -0.288. The molecule has 5 nitrogen and oxygen atoms in total. The van der Waals surface area contributed by atoms with Crippen LogP contribution in [0.25, 0.3) is 0 Å². The smallest absolute Gasteiger partial charge is 0.163 e. The number of rotatable bonds is 6. The number of Topliss-reactive ketones (excluding diaryl/α,β-unsaturated/α-hetero) is 1. The lowest BCUT2D eigenvalue weighted by Gasteiger charge is -2.30. The van der Waals surface area contributed by atoms with Gasteiger partial charge in [0.1, 0.15) is 0 Å². The lowest BCUT2D eigenvalue weighted by Crippen LogP contribution is -2.26. The Hall–Kier alpha value is -3.73. The van der Waals surface area contributed by atoms with Crippen LogP contribution >= 0.6 is 0 Å². The zero-order valence-corrected chi connectivity index (χ0v) is 19.6. The summed E-state index contributed by atoms with van der Waals surface area (Å²) in [6, 6.07) is 24.1. The Labute approximate surface area is 200 Å². The van der Waals surface area contributed by atoms with Gasteiger partial charge in [-0.2, -0.15) is 0 Å². The molecule has 0 saturated heterocycles. The maximum absolute atomic E-state index is 13.7. The van der Waals surface area contributed by atoms with Gasteiger partial charge < -0.3 is 20.1 Å². The number of carbonyl (C=O) groups excluding carboxylic acids is 1. The summed E-state index contributed by atoms with van der Waals surface area (Å²) < 4.78 is 11.5. The highest BCUT2D eigenvalue weighted by Crippen LogP contribution is 2.45. The highest BCUT2D eigenvalue weighted by Gasteiger charge is 2.36. The maximum atomic E-state index is 13.7. The SMILES string of the molecule is CCCOc1ccc([C@H]2Nc3ccccc3NC3=C2C(=O)C[C@@H](c2ccccc2)C3)cc1OC. The Bertz CT molecular complexity index is 1220. The Balaban J connectivity index is 1.58. The van der Waals surface area contributed by atoms with Crippen LogP contribution in [0.3, 0.4) is 0 Å². The van der Waals surface area contributed by atoms with E-state index in [9.17, 15) is 4.79 Å². The van der Waals surface area contributed by atoms with Gasteiger partial charge >= 0.3 is 0 Å². The molecule has 34 heavy (non-hydrogen) atoms. The molecular weight excluding hydrogens is 424 g/mol. The fourth-order valence-electron chi connectivity index (χ4n) is 4.90. The number of allylic oxidation sites excluding steroid dienone is 1. The van der Waals surface area contributed by atoms with E-state index in [1.165, 1.54) is 5.56 Å². The quantitative estimate of drug-likeness (QED) is 0.447. The van der Waals surface area contributed by atoms with E-state index in [1.807, 2.05) is 60.7 Å². The number of para-hydroxylation sites is 2. The fourth-order valence-corrected chi connectivity index (χ4v) is 4.90. The number of hydrogen-bond donors (Lipinski definition) is 2. The van der Waals surface area contributed by atoms with Crippen LogP contribution in [0.1, 0.15) is 49.3 Å². The molecule has 2 atom stereocenters. The van der Waals surface area contributed by atoms with Crippen molar-refractivity contribution in [3.8, 4) is 11.5 Å². The summed E-state index contributed by atoms with van der Waals surface area (Å²) in [5.41, 5.74) is 5.90. The average Bonchev–Trinajstić information content (AvgIpc) is 3.05. The number of hydrogen-bond acceptors (Lipinski definition) is 5. The van der Waals surface area contributed by atoms with Crippen LogP contribution in [0.4, 0.5) is 11.4 Å².